The Labute approximate surface area is 150 Å². The zero-order valence-electron chi connectivity index (χ0n) is 15.1. The van der Waals surface area contributed by atoms with Crippen LogP contribution in [0.5, 0.6) is 0 Å². The molecule has 1 aliphatic heterocycles. The van der Waals surface area contributed by atoms with Crippen LogP contribution in [0.25, 0.3) is 0 Å². The first-order chi connectivity index (χ1) is 12.0. The van der Waals surface area contributed by atoms with Gasteiger partial charge in [-0.05, 0) is 42.7 Å². The Morgan fingerprint density at radius 1 is 1.00 bits per heavy atom. The van der Waals surface area contributed by atoms with Crippen molar-refractivity contribution in [3.8, 4) is 0 Å². The van der Waals surface area contributed by atoms with Crippen LogP contribution in [0, 0.1) is 0 Å². The lowest BCUT2D eigenvalue weighted by Gasteiger charge is -2.25. The fraction of sp³-hybridized carbons (Fsp3) is 0.381. The van der Waals surface area contributed by atoms with Gasteiger partial charge in [-0.1, -0.05) is 44.2 Å². The Kier molecular flexibility index (Phi) is 5.27. The number of benzene rings is 2. The standard InChI is InChI=1S/C21H27N3O/c1-21(2,17-8-4-3-5-9-17)16-22-20(25)23-18-10-12-19(13-11-18)24-14-6-7-15-24/h3-5,8-13H,6-7,14-16H2,1-2H3,(H2,22,23,25). The zero-order chi connectivity index (χ0) is 17.7. The van der Waals surface area contributed by atoms with E-state index in [-0.39, 0.29) is 11.4 Å². The fourth-order valence-corrected chi connectivity index (χ4v) is 3.20. The molecule has 4 nitrogen and oxygen atoms in total. The lowest BCUT2D eigenvalue weighted by molar-refractivity contribution is 0.249. The van der Waals surface area contributed by atoms with E-state index in [1.54, 1.807) is 0 Å². The molecule has 0 unspecified atom stereocenters. The first-order valence-electron chi connectivity index (χ1n) is 9.00. The quantitative estimate of drug-likeness (QED) is 0.850. The maximum Gasteiger partial charge on any atom is 0.319 e. The average molecular weight is 337 g/mol. The molecule has 1 fully saturated rings. The van der Waals surface area contributed by atoms with Crippen LogP contribution in [-0.4, -0.2) is 25.7 Å². The second-order valence-corrected chi connectivity index (χ2v) is 7.30. The summed E-state index contributed by atoms with van der Waals surface area (Å²) >= 11 is 0. The number of rotatable bonds is 5. The third-order valence-electron chi connectivity index (χ3n) is 4.84. The molecule has 25 heavy (non-hydrogen) atoms. The molecule has 0 aliphatic carbocycles. The summed E-state index contributed by atoms with van der Waals surface area (Å²) in [6.45, 7) is 7.10. The van der Waals surface area contributed by atoms with Crippen molar-refractivity contribution in [3.63, 3.8) is 0 Å². The Hall–Kier alpha value is -2.49. The van der Waals surface area contributed by atoms with Crippen molar-refractivity contribution in [3.05, 3.63) is 60.2 Å². The first kappa shape index (κ1) is 17.3. The highest BCUT2D eigenvalue weighted by atomic mass is 16.2. The van der Waals surface area contributed by atoms with Crippen LogP contribution in [0.1, 0.15) is 32.3 Å². The van der Waals surface area contributed by atoms with Gasteiger partial charge in [0.05, 0.1) is 0 Å². The highest BCUT2D eigenvalue weighted by Crippen LogP contribution is 2.23. The monoisotopic (exact) mass is 337 g/mol. The summed E-state index contributed by atoms with van der Waals surface area (Å²) in [6, 6.07) is 18.2. The summed E-state index contributed by atoms with van der Waals surface area (Å²) in [7, 11) is 0. The molecule has 0 bridgehead atoms. The second kappa shape index (κ2) is 7.60. The number of nitrogens with zero attached hydrogens (tertiary/aromatic N) is 1. The number of hydrogen-bond acceptors (Lipinski definition) is 2. The van der Waals surface area contributed by atoms with E-state index in [9.17, 15) is 4.79 Å². The third-order valence-corrected chi connectivity index (χ3v) is 4.84. The van der Waals surface area contributed by atoms with Crippen molar-refractivity contribution >= 4 is 17.4 Å². The van der Waals surface area contributed by atoms with E-state index in [4.69, 9.17) is 0 Å². The van der Waals surface area contributed by atoms with Gasteiger partial charge in [0, 0.05) is 36.4 Å². The molecular weight excluding hydrogens is 310 g/mol. The van der Waals surface area contributed by atoms with E-state index in [0.717, 1.165) is 18.8 Å². The van der Waals surface area contributed by atoms with Gasteiger partial charge in [-0.25, -0.2) is 4.79 Å². The summed E-state index contributed by atoms with van der Waals surface area (Å²) in [5.41, 5.74) is 3.15. The Bertz CT molecular complexity index is 689. The van der Waals surface area contributed by atoms with Crippen LogP contribution in [-0.2, 0) is 5.41 Å². The minimum absolute atomic E-state index is 0.113. The van der Waals surface area contributed by atoms with Crippen molar-refractivity contribution < 1.29 is 4.79 Å². The van der Waals surface area contributed by atoms with Crippen LogP contribution >= 0.6 is 0 Å². The summed E-state index contributed by atoms with van der Waals surface area (Å²) in [6.07, 6.45) is 2.53. The van der Waals surface area contributed by atoms with E-state index in [0.29, 0.717) is 6.54 Å². The Balaban J connectivity index is 1.52. The van der Waals surface area contributed by atoms with Crippen molar-refractivity contribution in [1.29, 1.82) is 0 Å². The van der Waals surface area contributed by atoms with E-state index in [2.05, 4.69) is 53.6 Å². The Morgan fingerprint density at radius 2 is 1.64 bits per heavy atom. The van der Waals surface area contributed by atoms with Crippen LogP contribution < -0.4 is 15.5 Å². The van der Waals surface area contributed by atoms with Gasteiger partial charge in [0.25, 0.3) is 0 Å². The van der Waals surface area contributed by atoms with Crippen molar-refractivity contribution in [1.82, 2.24) is 5.32 Å². The molecule has 1 heterocycles. The zero-order valence-corrected chi connectivity index (χ0v) is 15.1. The minimum atomic E-state index is -0.169. The van der Waals surface area contributed by atoms with Gasteiger partial charge >= 0.3 is 6.03 Å². The van der Waals surface area contributed by atoms with E-state index in [1.807, 2.05) is 30.3 Å². The minimum Gasteiger partial charge on any atom is -0.372 e. The lowest BCUT2D eigenvalue weighted by Crippen LogP contribution is -2.38. The molecule has 132 valence electrons. The smallest absolute Gasteiger partial charge is 0.319 e. The van der Waals surface area contributed by atoms with Crippen molar-refractivity contribution in [2.24, 2.45) is 0 Å². The van der Waals surface area contributed by atoms with E-state index in [1.165, 1.54) is 24.1 Å². The molecule has 0 spiro atoms. The third kappa shape index (κ3) is 4.53. The molecule has 1 aliphatic rings. The largest absolute Gasteiger partial charge is 0.372 e. The molecule has 2 amide bonds. The van der Waals surface area contributed by atoms with Gasteiger partial charge in [-0.3, -0.25) is 0 Å². The molecule has 3 rings (SSSR count). The average Bonchev–Trinajstić information content (AvgIpc) is 3.16. The SMILES string of the molecule is CC(C)(CNC(=O)Nc1ccc(N2CCCC2)cc1)c1ccccc1. The molecule has 4 heteroatoms. The fourth-order valence-electron chi connectivity index (χ4n) is 3.20. The number of nitrogens with one attached hydrogen (secondary N) is 2. The van der Waals surface area contributed by atoms with Crippen molar-refractivity contribution in [2.75, 3.05) is 29.9 Å². The molecule has 2 N–H and O–H groups in total. The maximum absolute atomic E-state index is 12.2. The summed E-state index contributed by atoms with van der Waals surface area (Å²) < 4.78 is 0. The highest BCUT2D eigenvalue weighted by Gasteiger charge is 2.21. The van der Waals surface area contributed by atoms with Gasteiger partial charge in [0.1, 0.15) is 0 Å². The number of urea groups is 1. The molecule has 0 aromatic heterocycles. The van der Waals surface area contributed by atoms with Gasteiger partial charge in [-0.2, -0.15) is 0 Å². The Morgan fingerprint density at radius 3 is 2.28 bits per heavy atom. The molecular formula is C21H27N3O. The number of carbonyl (C=O) groups excluding carboxylic acids is 1. The van der Waals surface area contributed by atoms with E-state index < -0.39 is 0 Å². The number of carbonyl (C=O) groups is 1. The summed E-state index contributed by atoms with van der Waals surface area (Å²) in [4.78, 5) is 14.6. The second-order valence-electron chi connectivity index (χ2n) is 7.30. The predicted molar refractivity (Wildman–Crippen MR) is 104 cm³/mol. The molecule has 2 aromatic rings. The van der Waals surface area contributed by atoms with Gasteiger partial charge in [-0.15, -0.1) is 0 Å². The predicted octanol–water partition coefficient (Wildman–Crippen LogP) is 4.39. The number of hydrogen-bond donors (Lipinski definition) is 2. The first-order valence-corrected chi connectivity index (χ1v) is 9.00. The van der Waals surface area contributed by atoms with Gasteiger partial charge < -0.3 is 15.5 Å². The summed E-state index contributed by atoms with van der Waals surface area (Å²) in [5, 5.41) is 5.89. The van der Waals surface area contributed by atoms with Gasteiger partial charge in [0.2, 0.25) is 0 Å². The van der Waals surface area contributed by atoms with Crippen LogP contribution in [0.3, 0.4) is 0 Å². The topological polar surface area (TPSA) is 44.4 Å². The van der Waals surface area contributed by atoms with E-state index >= 15 is 0 Å². The molecule has 0 saturated carbocycles. The number of amides is 2. The molecule has 0 radical (unpaired) electrons. The highest BCUT2D eigenvalue weighted by molar-refractivity contribution is 5.89. The van der Waals surface area contributed by atoms with Gasteiger partial charge in [0.15, 0.2) is 0 Å². The van der Waals surface area contributed by atoms with Crippen LogP contribution in [0.15, 0.2) is 54.6 Å². The maximum atomic E-state index is 12.2. The summed E-state index contributed by atoms with van der Waals surface area (Å²) in [5.74, 6) is 0. The number of anilines is 2. The lowest BCUT2D eigenvalue weighted by atomic mass is 9.85. The van der Waals surface area contributed by atoms with Crippen LogP contribution in [0.4, 0.5) is 16.2 Å². The molecule has 0 atom stereocenters. The van der Waals surface area contributed by atoms with Crippen molar-refractivity contribution in [2.45, 2.75) is 32.1 Å². The molecule has 2 aromatic carbocycles. The normalized spacial score (nSPS) is 14.4. The van der Waals surface area contributed by atoms with Crippen LogP contribution in [0.2, 0.25) is 0 Å². The molecule has 1 saturated heterocycles.